The second-order valence-corrected chi connectivity index (χ2v) is 12.7. The van der Waals surface area contributed by atoms with Crippen LogP contribution in [-0.2, 0) is 9.53 Å². The van der Waals surface area contributed by atoms with Crippen LogP contribution in [0.5, 0.6) is 0 Å². The molecule has 3 aliphatic heterocycles. The zero-order valence-corrected chi connectivity index (χ0v) is 26.0. The van der Waals surface area contributed by atoms with E-state index in [1.54, 1.807) is 11.3 Å². The third-order valence-corrected chi connectivity index (χ3v) is 10.0. The van der Waals surface area contributed by atoms with Crippen LogP contribution in [0, 0.1) is 13.8 Å². The molecular weight excluding hydrogens is 546 g/mol. The van der Waals surface area contributed by atoms with Crippen LogP contribution in [0.25, 0.3) is 10.9 Å². The highest BCUT2D eigenvalue weighted by molar-refractivity contribution is 7.13. The first-order valence-corrected chi connectivity index (χ1v) is 16.6. The molecule has 1 unspecified atom stereocenters. The Morgan fingerprint density at radius 2 is 1.86 bits per heavy atom. The Bertz CT molecular complexity index is 1350. The van der Waals surface area contributed by atoms with Gasteiger partial charge in [0.15, 0.2) is 5.13 Å². The van der Waals surface area contributed by atoms with Gasteiger partial charge in [0, 0.05) is 75.7 Å². The normalized spacial score (nSPS) is 19.8. The SMILES string of the molecule is Cc1cc2cccnc2c(N2CCCN(C(CC(=O)NCCN3CCCC3)c3csc(N4CCOCC4)n3)CC2)c1C. The number of ether oxygens (including phenoxy) is 1. The van der Waals surface area contributed by atoms with E-state index in [0.717, 1.165) is 94.9 Å². The van der Waals surface area contributed by atoms with Gasteiger partial charge >= 0.3 is 0 Å². The van der Waals surface area contributed by atoms with Crippen LogP contribution in [0.15, 0.2) is 29.8 Å². The molecule has 3 aliphatic rings. The topological polar surface area (TPSA) is 77.1 Å². The lowest BCUT2D eigenvalue weighted by molar-refractivity contribution is -0.122. The molecule has 9 nitrogen and oxygen atoms in total. The standard InChI is InChI=1S/C32H45N7O2S/c1-24-21-26-7-5-8-34-30(26)31(25(24)2)38-13-6-12-37(15-16-38)28(22-29(40)33-9-14-36-10-3-4-11-36)27-23-42-32(35-27)39-17-19-41-20-18-39/h5,7-8,21,23,28H,3-4,6,9-20,22H2,1-2H3,(H,33,40). The molecule has 1 amide bonds. The van der Waals surface area contributed by atoms with Crippen molar-refractivity contribution in [2.45, 2.75) is 45.6 Å². The molecule has 3 aromatic rings. The second kappa shape index (κ2) is 13.7. The summed E-state index contributed by atoms with van der Waals surface area (Å²) in [4.78, 5) is 33.0. The molecule has 3 fully saturated rings. The minimum atomic E-state index is -0.0451. The summed E-state index contributed by atoms with van der Waals surface area (Å²) < 4.78 is 5.56. The Labute approximate surface area is 253 Å². The van der Waals surface area contributed by atoms with E-state index in [1.165, 1.54) is 35.0 Å². The second-order valence-electron chi connectivity index (χ2n) is 11.9. The number of rotatable bonds is 9. The van der Waals surface area contributed by atoms with Crippen molar-refractivity contribution in [3.8, 4) is 0 Å². The summed E-state index contributed by atoms with van der Waals surface area (Å²) in [5, 5.41) is 7.64. The number of benzene rings is 1. The summed E-state index contributed by atoms with van der Waals surface area (Å²) in [5.74, 6) is 0.117. The Morgan fingerprint density at radius 3 is 2.69 bits per heavy atom. The lowest BCUT2D eigenvalue weighted by atomic mass is 10.0. The summed E-state index contributed by atoms with van der Waals surface area (Å²) in [6.45, 7) is 15.2. The Hall–Kier alpha value is -2.79. The van der Waals surface area contributed by atoms with Gasteiger partial charge in [0.2, 0.25) is 5.91 Å². The monoisotopic (exact) mass is 591 g/mol. The molecule has 3 saturated heterocycles. The number of hydrogen-bond donors (Lipinski definition) is 1. The van der Waals surface area contributed by atoms with Crippen LogP contribution < -0.4 is 15.1 Å². The van der Waals surface area contributed by atoms with Gasteiger partial charge in [-0.2, -0.15) is 0 Å². The first-order chi connectivity index (χ1) is 20.6. The minimum Gasteiger partial charge on any atom is -0.378 e. The fourth-order valence-electron chi connectivity index (χ4n) is 6.65. The van der Waals surface area contributed by atoms with Crippen molar-refractivity contribution in [1.29, 1.82) is 0 Å². The lowest BCUT2D eigenvalue weighted by Crippen LogP contribution is -2.39. The largest absolute Gasteiger partial charge is 0.378 e. The molecule has 5 heterocycles. The molecule has 1 atom stereocenters. The number of aromatic nitrogens is 2. The van der Waals surface area contributed by atoms with E-state index in [9.17, 15) is 4.79 Å². The van der Waals surface area contributed by atoms with Gasteiger partial charge in [0.25, 0.3) is 0 Å². The minimum absolute atomic E-state index is 0.0451. The molecule has 42 heavy (non-hydrogen) atoms. The van der Waals surface area contributed by atoms with Crippen molar-refractivity contribution in [2.24, 2.45) is 0 Å². The van der Waals surface area contributed by atoms with Crippen LogP contribution in [0.2, 0.25) is 0 Å². The Kier molecular flexibility index (Phi) is 9.53. The van der Waals surface area contributed by atoms with Gasteiger partial charge < -0.3 is 24.8 Å². The number of fused-ring (bicyclic) bond motifs is 1. The summed E-state index contributed by atoms with van der Waals surface area (Å²) in [5.41, 5.74) is 5.96. The molecule has 1 N–H and O–H groups in total. The highest BCUT2D eigenvalue weighted by Crippen LogP contribution is 2.34. The molecular formula is C32H45N7O2S. The number of nitrogens with one attached hydrogen (secondary N) is 1. The summed E-state index contributed by atoms with van der Waals surface area (Å²) >= 11 is 1.69. The molecule has 10 heteroatoms. The van der Waals surface area contributed by atoms with Crippen molar-refractivity contribution < 1.29 is 9.53 Å². The number of likely N-dealkylation sites (tertiary alicyclic amines) is 1. The number of carbonyl (C=O) groups excluding carboxylic acids is 1. The van der Waals surface area contributed by atoms with Crippen molar-refractivity contribution in [3.63, 3.8) is 0 Å². The third kappa shape index (κ3) is 6.72. The molecule has 0 aliphatic carbocycles. The Balaban J connectivity index is 1.19. The van der Waals surface area contributed by atoms with Crippen LogP contribution in [0.3, 0.4) is 0 Å². The smallest absolute Gasteiger partial charge is 0.222 e. The fraction of sp³-hybridized carbons (Fsp3) is 0.594. The molecule has 0 radical (unpaired) electrons. The quantitative estimate of drug-likeness (QED) is 0.400. The summed E-state index contributed by atoms with van der Waals surface area (Å²) in [6.07, 6.45) is 5.89. The first kappa shape index (κ1) is 29.3. The fourth-order valence-corrected chi connectivity index (χ4v) is 7.58. The van der Waals surface area contributed by atoms with E-state index in [-0.39, 0.29) is 11.9 Å². The maximum atomic E-state index is 13.3. The highest BCUT2D eigenvalue weighted by Gasteiger charge is 2.29. The average molecular weight is 592 g/mol. The van der Waals surface area contributed by atoms with Crippen LogP contribution in [0.4, 0.5) is 10.8 Å². The van der Waals surface area contributed by atoms with E-state index in [4.69, 9.17) is 14.7 Å². The maximum absolute atomic E-state index is 13.3. The number of anilines is 2. The number of thiazole rings is 1. The number of nitrogens with zero attached hydrogens (tertiary/aromatic N) is 6. The van der Waals surface area contributed by atoms with Crippen LogP contribution >= 0.6 is 11.3 Å². The van der Waals surface area contributed by atoms with Crippen LogP contribution in [-0.4, -0.2) is 104 Å². The predicted octanol–water partition coefficient (Wildman–Crippen LogP) is 4.00. The number of pyridine rings is 1. The number of aryl methyl sites for hydroxylation is 1. The highest BCUT2D eigenvalue weighted by atomic mass is 32.1. The zero-order valence-electron chi connectivity index (χ0n) is 25.2. The van der Waals surface area contributed by atoms with E-state index in [2.05, 4.69) is 56.3 Å². The van der Waals surface area contributed by atoms with Gasteiger partial charge in [-0.05, 0) is 69.5 Å². The van der Waals surface area contributed by atoms with Crippen molar-refractivity contribution in [3.05, 3.63) is 46.6 Å². The molecule has 6 rings (SSSR count). The van der Waals surface area contributed by atoms with E-state index >= 15 is 0 Å². The van der Waals surface area contributed by atoms with E-state index in [0.29, 0.717) is 13.0 Å². The number of amides is 1. The summed E-state index contributed by atoms with van der Waals surface area (Å²) in [7, 11) is 0. The van der Waals surface area contributed by atoms with Gasteiger partial charge in [-0.15, -0.1) is 11.3 Å². The number of morpholine rings is 1. The van der Waals surface area contributed by atoms with Crippen molar-refractivity contribution in [2.75, 3.05) is 88.5 Å². The van der Waals surface area contributed by atoms with E-state index in [1.807, 2.05) is 12.3 Å². The Morgan fingerprint density at radius 1 is 1.02 bits per heavy atom. The predicted molar refractivity (Wildman–Crippen MR) is 171 cm³/mol. The average Bonchev–Trinajstić information content (AvgIpc) is 3.66. The van der Waals surface area contributed by atoms with Crippen molar-refractivity contribution >= 4 is 39.0 Å². The van der Waals surface area contributed by atoms with Gasteiger partial charge in [0.05, 0.1) is 36.2 Å². The van der Waals surface area contributed by atoms with Gasteiger partial charge in [-0.3, -0.25) is 14.7 Å². The molecule has 1 aromatic carbocycles. The third-order valence-electron chi connectivity index (χ3n) is 9.13. The molecule has 0 spiro atoms. The molecule has 0 saturated carbocycles. The number of carbonyl (C=O) groups is 1. The number of hydrogen-bond acceptors (Lipinski definition) is 9. The van der Waals surface area contributed by atoms with Crippen molar-refractivity contribution in [1.82, 2.24) is 25.1 Å². The van der Waals surface area contributed by atoms with Gasteiger partial charge in [0.1, 0.15) is 0 Å². The molecule has 226 valence electrons. The molecule has 0 bridgehead atoms. The van der Waals surface area contributed by atoms with Crippen LogP contribution in [0.1, 0.15) is 48.5 Å². The summed E-state index contributed by atoms with van der Waals surface area (Å²) in [6, 6.07) is 6.38. The van der Waals surface area contributed by atoms with Gasteiger partial charge in [-0.1, -0.05) is 6.07 Å². The lowest BCUT2D eigenvalue weighted by Gasteiger charge is -2.30. The van der Waals surface area contributed by atoms with Gasteiger partial charge in [-0.25, -0.2) is 4.98 Å². The first-order valence-electron chi connectivity index (χ1n) is 15.7. The van der Waals surface area contributed by atoms with E-state index < -0.39 is 0 Å². The molecule has 2 aromatic heterocycles. The maximum Gasteiger partial charge on any atom is 0.222 e. The zero-order chi connectivity index (χ0) is 28.9.